The van der Waals surface area contributed by atoms with E-state index in [2.05, 4.69) is 42.7 Å². The molecule has 5 heteroatoms. The minimum atomic E-state index is 0.142. The molecular formula is C23H28ClN3S. The first-order valence-corrected chi connectivity index (χ1v) is 11.1. The van der Waals surface area contributed by atoms with Gasteiger partial charge in [-0.3, -0.25) is 4.98 Å². The molecule has 2 aromatic rings. The number of thiol groups is 1. The van der Waals surface area contributed by atoms with Gasteiger partial charge in [0.15, 0.2) is 0 Å². The third-order valence-electron chi connectivity index (χ3n) is 5.88. The van der Waals surface area contributed by atoms with Crippen LogP contribution in [0.1, 0.15) is 40.8 Å². The van der Waals surface area contributed by atoms with E-state index in [0.717, 1.165) is 56.1 Å². The fourth-order valence-electron chi connectivity index (χ4n) is 4.46. The van der Waals surface area contributed by atoms with Gasteiger partial charge in [-0.25, -0.2) is 0 Å². The number of nitrogens with zero attached hydrogens (tertiary/aromatic N) is 2. The highest BCUT2D eigenvalue weighted by Crippen LogP contribution is 2.38. The van der Waals surface area contributed by atoms with Crippen LogP contribution in [-0.4, -0.2) is 41.3 Å². The number of likely N-dealkylation sites (tertiary alicyclic amines) is 1. The summed E-state index contributed by atoms with van der Waals surface area (Å²) in [6, 6.07) is 8.79. The molecule has 28 heavy (non-hydrogen) atoms. The molecule has 0 saturated carbocycles. The third-order valence-corrected chi connectivity index (χ3v) is 6.58. The van der Waals surface area contributed by atoms with Crippen molar-refractivity contribution in [2.24, 2.45) is 5.73 Å². The van der Waals surface area contributed by atoms with Gasteiger partial charge in [0, 0.05) is 48.2 Å². The molecule has 1 saturated heterocycles. The average Bonchev–Trinajstić information content (AvgIpc) is 2.85. The molecular weight excluding hydrogens is 386 g/mol. The summed E-state index contributed by atoms with van der Waals surface area (Å²) in [6.45, 7) is 5.14. The van der Waals surface area contributed by atoms with E-state index < -0.39 is 0 Å². The Balaban J connectivity index is 1.74. The van der Waals surface area contributed by atoms with Gasteiger partial charge < -0.3 is 10.6 Å². The largest absolute Gasteiger partial charge is 0.326 e. The van der Waals surface area contributed by atoms with Crippen molar-refractivity contribution in [3.8, 4) is 0 Å². The average molecular weight is 414 g/mol. The van der Waals surface area contributed by atoms with E-state index in [0.29, 0.717) is 0 Å². The van der Waals surface area contributed by atoms with E-state index >= 15 is 0 Å². The molecule has 2 heterocycles. The molecule has 2 N–H and O–H groups in total. The Labute approximate surface area is 178 Å². The van der Waals surface area contributed by atoms with Crippen LogP contribution in [0.4, 0.5) is 0 Å². The summed E-state index contributed by atoms with van der Waals surface area (Å²) in [5.41, 5.74) is 15.4. The molecule has 2 aliphatic rings. The molecule has 0 spiro atoms. The highest BCUT2D eigenvalue weighted by Gasteiger charge is 2.25. The topological polar surface area (TPSA) is 42.2 Å². The third kappa shape index (κ3) is 4.16. The number of aryl methyl sites for hydroxylation is 3. The van der Waals surface area contributed by atoms with Gasteiger partial charge in [0.1, 0.15) is 0 Å². The number of nitrogens with two attached hydrogens (primary N) is 1. The number of hydrogen-bond donors (Lipinski definition) is 2. The first-order chi connectivity index (χ1) is 13.5. The Bertz CT molecular complexity index is 843. The normalized spacial score (nSPS) is 18.4. The Morgan fingerprint density at radius 1 is 1.14 bits per heavy atom. The summed E-state index contributed by atoms with van der Waals surface area (Å²) >= 11 is 10.7. The van der Waals surface area contributed by atoms with Gasteiger partial charge in [0.25, 0.3) is 0 Å². The zero-order valence-electron chi connectivity index (χ0n) is 16.4. The molecule has 4 rings (SSSR count). The second-order valence-electron chi connectivity index (χ2n) is 8.04. The molecule has 3 nitrogen and oxygen atoms in total. The number of pyridine rings is 1. The fourth-order valence-corrected chi connectivity index (χ4v) is 4.77. The number of aromatic nitrogens is 1. The van der Waals surface area contributed by atoms with Gasteiger partial charge in [-0.2, -0.15) is 12.6 Å². The van der Waals surface area contributed by atoms with Crippen LogP contribution in [-0.2, 0) is 12.8 Å². The van der Waals surface area contributed by atoms with Crippen molar-refractivity contribution in [1.82, 2.24) is 9.88 Å². The maximum absolute atomic E-state index is 6.32. The smallest absolute Gasteiger partial charge is 0.0739 e. The predicted molar refractivity (Wildman–Crippen MR) is 121 cm³/mol. The van der Waals surface area contributed by atoms with Crippen LogP contribution in [0, 0.1) is 6.92 Å². The van der Waals surface area contributed by atoms with Crippen molar-refractivity contribution in [2.75, 3.05) is 25.4 Å². The van der Waals surface area contributed by atoms with Crippen LogP contribution < -0.4 is 5.73 Å². The SMILES string of the molecule is Cc1cnc2c(c1)CCc1cc(Cl)ccc1C2=C1CCN(C[C@@H](N)CS)CC1. The van der Waals surface area contributed by atoms with Crippen LogP contribution >= 0.6 is 24.2 Å². The molecule has 1 atom stereocenters. The van der Waals surface area contributed by atoms with Crippen LogP contribution in [0.5, 0.6) is 0 Å². The molecule has 1 fully saturated rings. The standard InChI is InChI=1S/C23H28ClN3S/c1-15-10-18-3-2-17-11-19(24)4-5-21(17)22(23(18)26-12-15)16-6-8-27(9-7-16)13-20(25)14-28/h4-5,10-12,20,28H,2-3,6-9,13-14,25H2,1H3/t20-/m1/s1. The number of benzene rings is 1. The van der Waals surface area contributed by atoms with Crippen LogP contribution in [0.25, 0.3) is 5.57 Å². The number of hydrogen-bond acceptors (Lipinski definition) is 4. The lowest BCUT2D eigenvalue weighted by atomic mass is 9.88. The molecule has 148 valence electrons. The molecule has 1 aliphatic heterocycles. The lowest BCUT2D eigenvalue weighted by molar-refractivity contribution is 0.246. The van der Waals surface area contributed by atoms with Gasteiger partial charge in [-0.15, -0.1) is 0 Å². The van der Waals surface area contributed by atoms with Gasteiger partial charge in [0.2, 0.25) is 0 Å². The van der Waals surface area contributed by atoms with Crippen molar-refractivity contribution in [3.05, 3.63) is 69.0 Å². The lowest BCUT2D eigenvalue weighted by Gasteiger charge is -2.31. The Morgan fingerprint density at radius 3 is 2.64 bits per heavy atom. The van der Waals surface area contributed by atoms with Crippen molar-refractivity contribution in [2.45, 2.75) is 38.6 Å². The number of halogens is 1. The molecule has 1 aromatic heterocycles. The highest BCUT2D eigenvalue weighted by molar-refractivity contribution is 7.80. The van der Waals surface area contributed by atoms with Crippen LogP contribution in [0.15, 0.2) is 36.0 Å². The summed E-state index contributed by atoms with van der Waals surface area (Å²) in [4.78, 5) is 7.37. The fraction of sp³-hybridized carbons (Fsp3) is 0.435. The molecule has 1 aliphatic carbocycles. The number of rotatable bonds is 3. The predicted octanol–water partition coefficient (Wildman–Crippen LogP) is 4.30. The summed E-state index contributed by atoms with van der Waals surface area (Å²) in [5, 5.41) is 0.814. The summed E-state index contributed by atoms with van der Waals surface area (Å²) in [6.07, 6.45) is 6.14. The molecule has 0 unspecified atom stereocenters. The van der Waals surface area contributed by atoms with E-state index in [-0.39, 0.29) is 6.04 Å². The first kappa shape index (κ1) is 20.0. The quantitative estimate of drug-likeness (QED) is 0.737. The lowest BCUT2D eigenvalue weighted by Crippen LogP contribution is -2.41. The first-order valence-electron chi connectivity index (χ1n) is 10.1. The van der Waals surface area contributed by atoms with Gasteiger partial charge in [0.05, 0.1) is 5.69 Å². The zero-order valence-corrected chi connectivity index (χ0v) is 18.1. The maximum atomic E-state index is 6.32. The van der Waals surface area contributed by atoms with E-state index in [1.165, 1.54) is 39.1 Å². The van der Waals surface area contributed by atoms with Crippen molar-refractivity contribution in [1.29, 1.82) is 0 Å². The second-order valence-corrected chi connectivity index (χ2v) is 8.85. The van der Waals surface area contributed by atoms with E-state index in [4.69, 9.17) is 22.3 Å². The van der Waals surface area contributed by atoms with Crippen molar-refractivity contribution in [3.63, 3.8) is 0 Å². The minimum absolute atomic E-state index is 0.142. The number of piperidine rings is 1. The molecule has 1 aromatic carbocycles. The Kier molecular flexibility index (Phi) is 6.12. The Hall–Kier alpha value is -1.33. The summed E-state index contributed by atoms with van der Waals surface area (Å²) in [5.74, 6) is 0.731. The van der Waals surface area contributed by atoms with Gasteiger partial charge >= 0.3 is 0 Å². The van der Waals surface area contributed by atoms with Crippen LogP contribution in [0.3, 0.4) is 0 Å². The van der Waals surface area contributed by atoms with E-state index in [1.807, 2.05) is 12.3 Å². The highest BCUT2D eigenvalue weighted by atomic mass is 35.5. The van der Waals surface area contributed by atoms with Crippen molar-refractivity contribution < 1.29 is 0 Å². The van der Waals surface area contributed by atoms with Gasteiger partial charge in [-0.1, -0.05) is 29.3 Å². The van der Waals surface area contributed by atoms with Crippen LogP contribution in [0.2, 0.25) is 5.02 Å². The van der Waals surface area contributed by atoms with E-state index in [9.17, 15) is 0 Å². The molecule has 0 amide bonds. The summed E-state index contributed by atoms with van der Waals surface area (Å²) < 4.78 is 0. The van der Waals surface area contributed by atoms with Crippen molar-refractivity contribution >= 4 is 29.8 Å². The molecule has 0 bridgehead atoms. The summed E-state index contributed by atoms with van der Waals surface area (Å²) in [7, 11) is 0. The number of fused-ring (bicyclic) bond motifs is 2. The maximum Gasteiger partial charge on any atom is 0.0739 e. The molecule has 0 radical (unpaired) electrons. The monoisotopic (exact) mass is 413 g/mol. The minimum Gasteiger partial charge on any atom is -0.326 e. The Morgan fingerprint density at radius 2 is 1.89 bits per heavy atom. The zero-order chi connectivity index (χ0) is 19.7. The van der Waals surface area contributed by atoms with E-state index in [1.54, 1.807) is 0 Å². The second kappa shape index (κ2) is 8.58. The van der Waals surface area contributed by atoms with Gasteiger partial charge in [-0.05, 0) is 67.0 Å².